The van der Waals surface area contributed by atoms with E-state index in [9.17, 15) is 0 Å². The fourth-order valence-electron chi connectivity index (χ4n) is 1.04. The smallest absolute Gasteiger partial charge is 0.0149 e. The van der Waals surface area contributed by atoms with Gasteiger partial charge in [-0.15, -0.1) is 0 Å². The van der Waals surface area contributed by atoms with Gasteiger partial charge in [-0.25, -0.2) is 0 Å². The topological polar surface area (TPSA) is 0 Å². The van der Waals surface area contributed by atoms with Gasteiger partial charge in [0.1, 0.15) is 0 Å². The highest BCUT2D eigenvalue weighted by molar-refractivity contribution is 8.02. The molecule has 0 aliphatic carbocycles. The summed E-state index contributed by atoms with van der Waals surface area (Å²) in [5, 5.41) is 1.79. The van der Waals surface area contributed by atoms with Crippen molar-refractivity contribution in [1.82, 2.24) is 0 Å². The van der Waals surface area contributed by atoms with E-state index in [1.165, 1.54) is 6.42 Å². The van der Waals surface area contributed by atoms with Crippen molar-refractivity contribution in [2.24, 2.45) is 5.92 Å². The van der Waals surface area contributed by atoms with Crippen molar-refractivity contribution in [3.05, 3.63) is 0 Å². The van der Waals surface area contributed by atoms with Gasteiger partial charge in [-0.3, -0.25) is 0 Å². The third-order valence-corrected chi connectivity index (χ3v) is 4.33. The highest BCUT2D eigenvalue weighted by atomic mass is 32.2. The van der Waals surface area contributed by atoms with Crippen molar-refractivity contribution in [3.8, 4) is 0 Å². The molecule has 0 aromatic rings. The maximum Gasteiger partial charge on any atom is 0.0149 e. The van der Waals surface area contributed by atoms with Crippen LogP contribution in [0.3, 0.4) is 0 Å². The van der Waals surface area contributed by atoms with Crippen LogP contribution in [-0.2, 0) is 0 Å². The van der Waals surface area contributed by atoms with E-state index >= 15 is 0 Å². The molecule has 2 unspecified atom stereocenters. The van der Waals surface area contributed by atoms with E-state index in [-0.39, 0.29) is 0 Å². The van der Waals surface area contributed by atoms with Crippen LogP contribution in [0.5, 0.6) is 0 Å². The lowest BCUT2D eigenvalue weighted by Gasteiger charge is -2.36. The Labute approximate surface area is 67.2 Å². The Morgan fingerprint density at radius 2 is 2.22 bits per heavy atom. The molecule has 1 fully saturated rings. The van der Waals surface area contributed by atoms with Crippen LogP contribution in [0.4, 0.5) is 0 Å². The quantitative estimate of drug-likeness (QED) is 0.609. The van der Waals surface area contributed by atoms with Gasteiger partial charge >= 0.3 is 0 Å². The Morgan fingerprint density at radius 1 is 1.67 bits per heavy atom. The molecule has 1 rings (SSSR count). The molecule has 2 heteroatoms. The van der Waals surface area contributed by atoms with Crippen LogP contribution < -0.4 is 0 Å². The predicted molar refractivity (Wildman–Crippen MR) is 48.5 cm³/mol. The summed E-state index contributed by atoms with van der Waals surface area (Å²) in [5.41, 5.74) is 0. The summed E-state index contributed by atoms with van der Waals surface area (Å²) in [5.74, 6) is 1.93. The number of rotatable bonds is 2. The number of thiol groups is 1. The first-order valence-electron chi connectivity index (χ1n) is 3.50. The van der Waals surface area contributed by atoms with Gasteiger partial charge in [0.2, 0.25) is 0 Å². The number of hydrogen-bond acceptors (Lipinski definition) is 2. The largest absolute Gasteiger partial charge is 0.178 e. The summed E-state index contributed by atoms with van der Waals surface area (Å²) >= 11 is 6.34. The van der Waals surface area contributed by atoms with Crippen molar-refractivity contribution in [3.63, 3.8) is 0 Å². The summed E-state index contributed by atoms with van der Waals surface area (Å²) in [6, 6.07) is 0. The van der Waals surface area contributed by atoms with Crippen molar-refractivity contribution < 1.29 is 0 Å². The maximum atomic E-state index is 4.24. The molecule has 0 saturated carbocycles. The van der Waals surface area contributed by atoms with Gasteiger partial charge in [0, 0.05) is 16.3 Å². The fraction of sp³-hybridized carbons (Fsp3) is 1.00. The third kappa shape index (κ3) is 1.81. The molecule has 54 valence electrons. The van der Waals surface area contributed by atoms with Crippen LogP contribution >= 0.6 is 24.4 Å². The van der Waals surface area contributed by atoms with Gasteiger partial charge in [-0.2, -0.15) is 24.4 Å². The van der Waals surface area contributed by atoms with Crippen LogP contribution in [0.2, 0.25) is 0 Å². The van der Waals surface area contributed by atoms with Gasteiger partial charge in [-0.05, 0) is 12.3 Å². The summed E-state index contributed by atoms with van der Waals surface area (Å²) in [7, 11) is 0. The molecule has 2 atom stereocenters. The molecule has 1 heterocycles. The molecule has 9 heavy (non-hydrogen) atoms. The zero-order valence-electron chi connectivity index (χ0n) is 6.00. The normalized spacial score (nSPS) is 34.7. The Kier molecular flexibility index (Phi) is 2.77. The minimum Gasteiger partial charge on any atom is -0.178 e. The monoisotopic (exact) mass is 162 g/mol. The van der Waals surface area contributed by atoms with Gasteiger partial charge in [0.15, 0.2) is 0 Å². The van der Waals surface area contributed by atoms with E-state index in [0.717, 1.165) is 22.2 Å². The molecular formula is C7H14S2. The van der Waals surface area contributed by atoms with Gasteiger partial charge in [-0.1, -0.05) is 13.8 Å². The summed E-state index contributed by atoms with van der Waals surface area (Å²) < 4.78 is 0. The molecule has 0 spiro atoms. The molecule has 1 aliphatic heterocycles. The van der Waals surface area contributed by atoms with Crippen molar-refractivity contribution >= 4 is 24.4 Å². The molecule has 0 aromatic heterocycles. The van der Waals surface area contributed by atoms with E-state index in [0.29, 0.717) is 0 Å². The van der Waals surface area contributed by atoms with Crippen LogP contribution in [0.25, 0.3) is 0 Å². The van der Waals surface area contributed by atoms with Gasteiger partial charge < -0.3 is 0 Å². The lowest BCUT2D eigenvalue weighted by atomic mass is 10.0. The number of hydrogen-bond donors (Lipinski definition) is 1. The molecule has 1 aliphatic rings. The molecule has 0 radical (unpaired) electrons. The van der Waals surface area contributed by atoms with Crippen LogP contribution in [0.1, 0.15) is 20.3 Å². The van der Waals surface area contributed by atoms with E-state index < -0.39 is 0 Å². The minimum absolute atomic E-state index is 0.862. The van der Waals surface area contributed by atoms with E-state index in [4.69, 9.17) is 0 Å². The van der Waals surface area contributed by atoms with E-state index in [1.807, 2.05) is 0 Å². The summed E-state index contributed by atoms with van der Waals surface area (Å²) in [6.07, 6.45) is 1.39. The lowest BCUT2D eigenvalue weighted by Crippen LogP contribution is -2.31. The molecule has 0 nitrogen and oxygen atoms in total. The van der Waals surface area contributed by atoms with Crippen molar-refractivity contribution in [2.75, 3.05) is 5.75 Å². The summed E-state index contributed by atoms with van der Waals surface area (Å²) in [4.78, 5) is 0. The summed E-state index contributed by atoms with van der Waals surface area (Å²) in [6.45, 7) is 4.60. The van der Waals surface area contributed by atoms with Crippen LogP contribution in [0, 0.1) is 5.92 Å². The Bertz CT molecular complexity index is 84.9. The average molecular weight is 162 g/mol. The molecule has 0 N–H and O–H groups in total. The minimum atomic E-state index is 0.862. The van der Waals surface area contributed by atoms with Gasteiger partial charge in [0.05, 0.1) is 0 Å². The highest BCUT2D eigenvalue weighted by Crippen LogP contribution is 2.41. The molecule has 1 saturated heterocycles. The zero-order chi connectivity index (χ0) is 6.85. The fourth-order valence-corrected chi connectivity index (χ4v) is 2.65. The third-order valence-electron chi connectivity index (χ3n) is 1.81. The maximum absolute atomic E-state index is 4.24. The van der Waals surface area contributed by atoms with Crippen LogP contribution in [-0.4, -0.2) is 16.3 Å². The van der Waals surface area contributed by atoms with Crippen molar-refractivity contribution in [1.29, 1.82) is 0 Å². The van der Waals surface area contributed by atoms with E-state index in [1.54, 1.807) is 0 Å². The first kappa shape index (κ1) is 7.80. The van der Waals surface area contributed by atoms with Crippen molar-refractivity contribution in [2.45, 2.75) is 30.8 Å². The highest BCUT2D eigenvalue weighted by Gasteiger charge is 2.30. The Hall–Kier alpha value is 0.700. The SMILES string of the molecule is CC(C)C1CC(CS)S1. The lowest BCUT2D eigenvalue weighted by molar-refractivity contribution is 0.540. The second-order valence-corrected chi connectivity index (χ2v) is 4.87. The second kappa shape index (κ2) is 3.20. The standard InChI is InChI=1S/C7H14S2/c1-5(2)7-3-6(4-8)9-7/h5-8H,3-4H2,1-2H3. The zero-order valence-corrected chi connectivity index (χ0v) is 7.71. The average Bonchev–Trinajstić information content (AvgIpc) is 1.61. The van der Waals surface area contributed by atoms with E-state index in [2.05, 4.69) is 38.2 Å². The first-order valence-corrected chi connectivity index (χ1v) is 5.08. The second-order valence-electron chi connectivity index (χ2n) is 2.96. The molecule has 0 amide bonds. The molecule has 0 bridgehead atoms. The Balaban J connectivity index is 2.12. The molecular weight excluding hydrogens is 148 g/mol. The van der Waals surface area contributed by atoms with Gasteiger partial charge in [0.25, 0.3) is 0 Å². The molecule has 0 aromatic carbocycles. The Morgan fingerprint density at radius 3 is 2.56 bits per heavy atom. The van der Waals surface area contributed by atoms with Crippen LogP contribution in [0.15, 0.2) is 0 Å². The first-order chi connectivity index (χ1) is 4.24. The number of thioether (sulfide) groups is 1. The predicted octanol–water partition coefficient (Wildman–Crippen LogP) is 2.45.